The van der Waals surface area contributed by atoms with Gasteiger partial charge in [0, 0.05) is 34.6 Å². The van der Waals surface area contributed by atoms with Crippen LogP contribution in [0.1, 0.15) is 25.0 Å². The van der Waals surface area contributed by atoms with E-state index in [-0.39, 0.29) is 41.3 Å². The molecule has 8 nitrogen and oxygen atoms in total. The number of methoxy groups -OCH3 is 1. The van der Waals surface area contributed by atoms with Crippen molar-refractivity contribution in [2.45, 2.75) is 32.9 Å². The highest BCUT2D eigenvalue weighted by atomic mass is 35.5. The van der Waals surface area contributed by atoms with Crippen molar-refractivity contribution in [3.63, 3.8) is 0 Å². The van der Waals surface area contributed by atoms with Crippen LogP contribution in [0.2, 0.25) is 15.1 Å². The van der Waals surface area contributed by atoms with Crippen molar-refractivity contribution in [3.8, 4) is 5.75 Å². The number of ether oxygens (including phenoxy) is 1. The van der Waals surface area contributed by atoms with Gasteiger partial charge in [0.25, 0.3) is 0 Å². The second-order valence-electron chi connectivity index (χ2n) is 10.2. The molecule has 0 aliphatic carbocycles. The van der Waals surface area contributed by atoms with E-state index in [2.05, 4.69) is 5.32 Å². The molecular weight excluding hydrogens is 621 g/mol. The summed E-state index contributed by atoms with van der Waals surface area (Å²) in [6.45, 7) is 3.62. The second kappa shape index (κ2) is 15.0. The van der Waals surface area contributed by atoms with Crippen molar-refractivity contribution in [1.29, 1.82) is 0 Å². The van der Waals surface area contributed by atoms with Gasteiger partial charge in [-0.25, -0.2) is 8.42 Å². The Kier molecular flexibility index (Phi) is 11.9. The highest BCUT2D eigenvalue weighted by Gasteiger charge is 2.34. The number of amides is 2. The molecule has 0 fully saturated rings. The van der Waals surface area contributed by atoms with Gasteiger partial charge in [0.1, 0.15) is 18.3 Å². The van der Waals surface area contributed by atoms with E-state index >= 15 is 0 Å². The number of hydrogen-bond acceptors (Lipinski definition) is 5. The Balaban J connectivity index is 2.12. The zero-order valence-corrected chi connectivity index (χ0v) is 26.9. The number of carbonyl (C=O) groups is 2. The van der Waals surface area contributed by atoms with Gasteiger partial charge in [-0.2, -0.15) is 0 Å². The molecule has 0 bridgehead atoms. The minimum atomic E-state index is -4.01. The zero-order valence-electron chi connectivity index (χ0n) is 23.8. The van der Waals surface area contributed by atoms with Crippen molar-refractivity contribution >= 4 is 62.3 Å². The zero-order chi connectivity index (χ0) is 31.0. The van der Waals surface area contributed by atoms with Crippen LogP contribution in [0, 0.1) is 5.92 Å². The Morgan fingerprint density at radius 3 is 2.19 bits per heavy atom. The molecule has 0 spiro atoms. The maximum Gasteiger partial charge on any atom is 0.244 e. The van der Waals surface area contributed by atoms with E-state index in [1.807, 2.05) is 44.2 Å². The average Bonchev–Trinajstić information content (AvgIpc) is 2.93. The molecule has 0 aliphatic rings. The Morgan fingerprint density at radius 1 is 0.952 bits per heavy atom. The minimum absolute atomic E-state index is 0.0777. The van der Waals surface area contributed by atoms with Crippen LogP contribution in [-0.4, -0.2) is 57.6 Å². The quantitative estimate of drug-likeness (QED) is 0.250. The van der Waals surface area contributed by atoms with Gasteiger partial charge in [-0.3, -0.25) is 13.9 Å². The summed E-state index contributed by atoms with van der Waals surface area (Å²) in [4.78, 5) is 29.3. The molecule has 0 aromatic heterocycles. The number of anilines is 1. The molecule has 42 heavy (non-hydrogen) atoms. The van der Waals surface area contributed by atoms with Crippen LogP contribution in [0.4, 0.5) is 5.69 Å². The molecule has 12 heteroatoms. The molecule has 3 aromatic rings. The van der Waals surface area contributed by atoms with E-state index in [0.29, 0.717) is 22.2 Å². The summed E-state index contributed by atoms with van der Waals surface area (Å²) in [5.74, 6) is -0.635. The fourth-order valence-electron chi connectivity index (χ4n) is 4.26. The summed E-state index contributed by atoms with van der Waals surface area (Å²) < 4.78 is 32.4. The first kappa shape index (κ1) is 33.5. The molecule has 0 saturated carbocycles. The Morgan fingerprint density at radius 2 is 1.60 bits per heavy atom. The monoisotopic (exact) mass is 653 g/mol. The molecule has 3 aromatic carbocycles. The number of rotatable bonds is 13. The van der Waals surface area contributed by atoms with Crippen LogP contribution in [0.5, 0.6) is 5.75 Å². The molecule has 1 N–H and O–H groups in total. The predicted octanol–water partition coefficient (Wildman–Crippen LogP) is 5.83. The number of hydrogen-bond donors (Lipinski definition) is 1. The van der Waals surface area contributed by atoms with Gasteiger partial charge >= 0.3 is 0 Å². The normalized spacial score (nSPS) is 12.1. The van der Waals surface area contributed by atoms with Crippen molar-refractivity contribution < 1.29 is 22.7 Å². The van der Waals surface area contributed by atoms with Crippen LogP contribution in [0.3, 0.4) is 0 Å². The lowest BCUT2D eigenvalue weighted by Crippen LogP contribution is -2.53. The molecule has 1 atom stereocenters. The maximum absolute atomic E-state index is 14.2. The van der Waals surface area contributed by atoms with Crippen molar-refractivity contribution in [2.75, 3.05) is 30.8 Å². The van der Waals surface area contributed by atoms with Gasteiger partial charge in [-0.05, 0) is 47.4 Å². The standard InChI is InChI=1S/C30H34Cl3N3O5S/c1-20(2)17-34-30(38)27(14-21-8-6-5-7-9-21)35(18-22-10-11-23(31)15-25(22)33)29(37)19-36(42(4,39)40)26-16-24(32)12-13-28(26)41-3/h5-13,15-16,20,27H,14,17-19H2,1-4H3,(H,34,38)/t27-/m0/s1. The summed E-state index contributed by atoms with van der Waals surface area (Å²) in [7, 11) is -2.62. The Bertz CT molecular complexity index is 1500. The summed E-state index contributed by atoms with van der Waals surface area (Å²) in [6, 6.07) is 17.6. The first-order valence-electron chi connectivity index (χ1n) is 13.2. The van der Waals surface area contributed by atoms with Crippen LogP contribution in [0.25, 0.3) is 0 Å². The number of benzene rings is 3. The number of carbonyl (C=O) groups excluding carboxylic acids is 2. The van der Waals surface area contributed by atoms with Gasteiger partial charge in [-0.1, -0.05) is 85.0 Å². The van der Waals surface area contributed by atoms with Gasteiger partial charge in [0.05, 0.1) is 19.1 Å². The highest BCUT2D eigenvalue weighted by Crippen LogP contribution is 2.33. The van der Waals surface area contributed by atoms with E-state index in [0.717, 1.165) is 16.1 Å². The number of halogens is 3. The summed E-state index contributed by atoms with van der Waals surface area (Å²) >= 11 is 18.8. The third-order valence-electron chi connectivity index (χ3n) is 6.40. The van der Waals surface area contributed by atoms with Crippen molar-refractivity contribution in [2.24, 2.45) is 5.92 Å². The summed E-state index contributed by atoms with van der Waals surface area (Å²) in [5, 5.41) is 3.90. The van der Waals surface area contributed by atoms with E-state index in [1.165, 1.54) is 24.1 Å². The fraction of sp³-hybridized carbons (Fsp3) is 0.333. The van der Waals surface area contributed by atoms with Crippen molar-refractivity contribution in [1.82, 2.24) is 10.2 Å². The molecule has 0 saturated heterocycles. The van der Waals surface area contributed by atoms with E-state index in [4.69, 9.17) is 39.5 Å². The fourth-order valence-corrected chi connectivity index (χ4v) is 5.74. The maximum atomic E-state index is 14.2. The minimum Gasteiger partial charge on any atom is -0.495 e. The third-order valence-corrected chi connectivity index (χ3v) is 8.35. The smallest absolute Gasteiger partial charge is 0.244 e. The first-order valence-corrected chi connectivity index (χ1v) is 16.1. The van der Waals surface area contributed by atoms with E-state index < -0.39 is 28.5 Å². The SMILES string of the molecule is COc1ccc(Cl)cc1N(CC(=O)N(Cc1ccc(Cl)cc1Cl)[C@@H](Cc1ccccc1)C(=O)NCC(C)C)S(C)(=O)=O. The van der Waals surface area contributed by atoms with Crippen LogP contribution < -0.4 is 14.4 Å². The van der Waals surface area contributed by atoms with Crippen molar-refractivity contribution in [3.05, 3.63) is 92.9 Å². The topological polar surface area (TPSA) is 96.0 Å². The van der Waals surface area contributed by atoms with Crippen LogP contribution in [-0.2, 0) is 32.6 Å². The van der Waals surface area contributed by atoms with E-state index in [1.54, 1.807) is 24.3 Å². The first-order chi connectivity index (χ1) is 19.8. The predicted molar refractivity (Wildman–Crippen MR) is 169 cm³/mol. The number of nitrogens with zero attached hydrogens (tertiary/aromatic N) is 2. The molecule has 0 radical (unpaired) electrons. The summed E-state index contributed by atoms with van der Waals surface area (Å²) in [6.07, 6.45) is 1.17. The summed E-state index contributed by atoms with van der Waals surface area (Å²) in [5.41, 5.74) is 1.45. The molecule has 226 valence electrons. The average molecular weight is 655 g/mol. The Labute approximate surface area is 262 Å². The van der Waals surface area contributed by atoms with Crippen LogP contribution >= 0.6 is 34.8 Å². The van der Waals surface area contributed by atoms with Crippen LogP contribution in [0.15, 0.2) is 66.7 Å². The van der Waals surface area contributed by atoms with E-state index in [9.17, 15) is 18.0 Å². The second-order valence-corrected chi connectivity index (χ2v) is 13.4. The van der Waals surface area contributed by atoms with Gasteiger partial charge < -0.3 is 15.0 Å². The largest absolute Gasteiger partial charge is 0.495 e. The third kappa shape index (κ3) is 9.26. The number of sulfonamides is 1. The molecule has 3 rings (SSSR count). The Hall–Kier alpha value is -2.98. The number of nitrogens with one attached hydrogen (secondary N) is 1. The lowest BCUT2D eigenvalue weighted by atomic mass is 10.0. The lowest BCUT2D eigenvalue weighted by Gasteiger charge is -2.34. The highest BCUT2D eigenvalue weighted by molar-refractivity contribution is 7.92. The van der Waals surface area contributed by atoms with Gasteiger partial charge in [-0.15, -0.1) is 0 Å². The molecule has 0 heterocycles. The van der Waals surface area contributed by atoms with Gasteiger partial charge in [0.15, 0.2) is 0 Å². The molecular formula is C30H34Cl3N3O5S. The van der Waals surface area contributed by atoms with Gasteiger partial charge in [0.2, 0.25) is 21.8 Å². The molecule has 0 aliphatic heterocycles. The molecule has 0 unspecified atom stereocenters. The molecule has 2 amide bonds. The lowest BCUT2D eigenvalue weighted by molar-refractivity contribution is -0.140.